The second-order valence-electron chi connectivity index (χ2n) is 11.8. The number of para-hydroxylation sites is 1. The molecule has 0 radical (unpaired) electrons. The van der Waals surface area contributed by atoms with Gasteiger partial charge in [-0.15, -0.1) is 0 Å². The Morgan fingerprint density at radius 2 is 1.67 bits per heavy atom. The van der Waals surface area contributed by atoms with Crippen LogP contribution >= 0.6 is 0 Å². The van der Waals surface area contributed by atoms with Crippen molar-refractivity contribution >= 4 is 29.2 Å². The molecule has 1 amide bonds. The van der Waals surface area contributed by atoms with Gasteiger partial charge >= 0.3 is 0 Å². The molecular formula is C37H30N2O6. The van der Waals surface area contributed by atoms with Gasteiger partial charge in [-0.2, -0.15) is 0 Å². The van der Waals surface area contributed by atoms with E-state index < -0.39 is 23.4 Å². The number of carbonyl (C=O) groups excluding carboxylic acids is 3. The summed E-state index contributed by atoms with van der Waals surface area (Å²) < 4.78 is 16.9. The number of carbonyl (C=O) groups is 3. The summed E-state index contributed by atoms with van der Waals surface area (Å²) in [6.07, 6.45) is 4.67. The van der Waals surface area contributed by atoms with Gasteiger partial charge in [0.1, 0.15) is 17.2 Å². The number of rotatable bonds is 7. The second kappa shape index (κ2) is 10.4. The highest BCUT2D eigenvalue weighted by molar-refractivity contribution is 6.16. The van der Waals surface area contributed by atoms with Crippen LogP contribution in [0.25, 0.3) is 6.08 Å². The fourth-order valence-electron chi connectivity index (χ4n) is 7.50. The van der Waals surface area contributed by atoms with E-state index in [1.54, 1.807) is 42.5 Å². The lowest BCUT2D eigenvalue weighted by atomic mass is 9.62. The first-order valence-electron chi connectivity index (χ1n) is 15.2. The van der Waals surface area contributed by atoms with Crippen LogP contribution in [0, 0.1) is 5.92 Å². The Bertz CT molecular complexity index is 1900. The maximum atomic E-state index is 15.0. The SMILES string of the molecule is CCCOc1ccc(C(=O)[C@@H]2[C@H](C(=O)c3ccc4c(c3)OCO4)N3C=Cc4ccccc4[C@@H]3[C@]23C(=O)Nc2ccccc23)cc1. The Morgan fingerprint density at radius 1 is 0.911 bits per heavy atom. The van der Waals surface area contributed by atoms with E-state index in [4.69, 9.17) is 14.2 Å². The van der Waals surface area contributed by atoms with Gasteiger partial charge in [0.25, 0.3) is 0 Å². The third-order valence-electron chi connectivity index (χ3n) is 9.39. The minimum Gasteiger partial charge on any atom is -0.494 e. The lowest BCUT2D eigenvalue weighted by Crippen LogP contribution is -2.49. The zero-order valence-corrected chi connectivity index (χ0v) is 24.6. The van der Waals surface area contributed by atoms with Crippen LogP contribution in [0.5, 0.6) is 17.2 Å². The van der Waals surface area contributed by atoms with Gasteiger partial charge in [-0.1, -0.05) is 49.4 Å². The first kappa shape index (κ1) is 27.2. The molecule has 1 saturated heterocycles. The van der Waals surface area contributed by atoms with Crippen molar-refractivity contribution in [2.75, 3.05) is 18.7 Å². The number of hydrogen-bond donors (Lipinski definition) is 1. The maximum absolute atomic E-state index is 15.0. The van der Waals surface area contributed by atoms with Gasteiger partial charge in [0.15, 0.2) is 23.1 Å². The molecule has 1 N–H and O–H groups in total. The van der Waals surface area contributed by atoms with Crippen LogP contribution in [0.2, 0.25) is 0 Å². The zero-order valence-electron chi connectivity index (χ0n) is 24.6. The van der Waals surface area contributed by atoms with E-state index in [2.05, 4.69) is 5.32 Å². The van der Waals surface area contributed by atoms with Crippen molar-refractivity contribution in [3.63, 3.8) is 0 Å². The highest BCUT2D eigenvalue weighted by atomic mass is 16.7. The Hall–Kier alpha value is -5.37. The van der Waals surface area contributed by atoms with Crippen molar-refractivity contribution in [2.45, 2.75) is 30.8 Å². The molecule has 4 aliphatic heterocycles. The van der Waals surface area contributed by atoms with Crippen molar-refractivity contribution in [1.29, 1.82) is 0 Å². The Labute approximate surface area is 260 Å². The first-order chi connectivity index (χ1) is 22.0. The van der Waals surface area contributed by atoms with E-state index in [-0.39, 0.29) is 24.3 Å². The van der Waals surface area contributed by atoms with Crippen LogP contribution in [-0.2, 0) is 10.2 Å². The van der Waals surface area contributed by atoms with Gasteiger partial charge in [0, 0.05) is 23.0 Å². The number of ketones is 2. The predicted octanol–water partition coefficient (Wildman–Crippen LogP) is 6.19. The molecule has 8 heteroatoms. The van der Waals surface area contributed by atoms with Crippen LogP contribution in [0.3, 0.4) is 0 Å². The first-order valence-corrected chi connectivity index (χ1v) is 15.2. The van der Waals surface area contributed by atoms with Crippen LogP contribution in [-0.4, -0.2) is 41.8 Å². The number of ether oxygens (including phenoxy) is 3. The molecule has 8 rings (SSSR count). The number of anilines is 1. The molecule has 0 bridgehead atoms. The molecule has 224 valence electrons. The molecule has 4 aromatic carbocycles. The van der Waals surface area contributed by atoms with E-state index in [1.807, 2.05) is 72.6 Å². The highest BCUT2D eigenvalue weighted by Gasteiger charge is 2.70. The number of Topliss-reactive ketones (excluding diaryl/α,β-unsaturated/α-hetero) is 2. The number of amides is 1. The standard InChI is InChI=1S/C37H30N2O6/c1-2-19-43-25-14-11-23(12-15-25)33(40)31-32(34(41)24-13-16-29-30(20-24)45-21-44-29)39-18-17-22-7-3-4-8-26(22)35(39)37(31)27-9-5-6-10-28(27)38-36(37)42/h3-18,20,31-32,35H,2,19,21H2,1H3,(H,38,42)/t31-,32+,35+,37+/m0/s1. The average molecular weight is 599 g/mol. The third-order valence-corrected chi connectivity index (χ3v) is 9.39. The lowest BCUT2D eigenvalue weighted by Gasteiger charge is -2.38. The van der Waals surface area contributed by atoms with E-state index in [0.29, 0.717) is 46.2 Å². The van der Waals surface area contributed by atoms with E-state index in [9.17, 15) is 9.59 Å². The molecule has 8 nitrogen and oxygen atoms in total. The highest BCUT2D eigenvalue weighted by Crippen LogP contribution is 2.62. The minimum absolute atomic E-state index is 0.0727. The molecule has 1 fully saturated rings. The third kappa shape index (κ3) is 3.94. The lowest BCUT2D eigenvalue weighted by molar-refractivity contribution is -0.122. The number of benzene rings is 4. The molecule has 4 aromatic rings. The normalized spacial score (nSPS) is 23.4. The average Bonchev–Trinajstić information content (AvgIpc) is 3.76. The van der Waals surface area contributed by atoms with Crippen LogP contribution < -0.4 is 19.5 Å². The molecule has 0 unspecified atom stereocenters. The number of nitrogens with zero attached hydrogens (tertiary/aromatic N) is 1. The maximum Gasteiger partial charge on any atom is 0.238 e. The second-order valence-corrected chi connectivity index (χ2v) is 11.8. The van der Waals surface area contributed by atoms with Gasteiger partial charge in [0.2, 0.25) is 12.7 Å². The van der Waals surface area contributed by atoms with Gasteiger partial charge in [-0.3, -0.25) is 14.4 Å². The van der Waals surface area contributed by atoms with E-state index in [0.717, 1.165) is 17.5 Å². The molecule has 4 aliphatic rings. The Morgan fingerprint density at radius 3 is 2.51 bits per heavy atom. The Kier molecular flexibility index (Phi) is 6.27. The molecule has 4 atom stereocenters. The predicted molar refractivity (Wildman–Crippen MR) is 168 cm³/mol. The summed E-state index contributed by atoms with van der Waals surface area (Å²) in [5, 5.41) is 3.09. The van der Waals surface area contributed by atoms with Crippen LogP contribution in [0.4, 0.5) is 5.69 Å². The zero-order chi connectivity index (χ0) is 30.7. The molecule has 0 aliphatic carbocycles. The summed E-state index contributed by atoms with van der Waals surface area (Å²) in [5.74, 6) is -0.254. The van der Waals surface area contributed by atoms with Crippen molar-refractivity contribution < 1.29 is 28.6 Å². The van der Waals surface area contributed by atoms with Crippen LogP contribution in [0.1, 0.15) is 56.8 Å². The van der Waals surface area contributed by atoms with Crippen molar-refractivity contribution in [2.24, 2.45) is 5.92 Å². The summed E-state index contributed by atoms with van der Waals surface area (Å²) in [7, 11) is 0. The van der Waals surface area contributed by atoms with Gasteiger partial charge in [-0.25, -0.2) is 0 Å². The molecular weight excluding hydrogens is 568 g/mol. The largest absolute Gasteiger partial charge is 0.494 e. The molecule has 1 spiro atoms. The summed E-state index contributed by atoms with van der Waals surface area (Å²) in [4.78, 5) is 46.4. The van der Waals surface area contributed by atoms with Gasteiger partial charge in [0.05, 0.1) is 18.6 Å². The van der Waals surface area contributed by atoms with E-state index >= 15 is 4.79 Å². The fourth-order valence-corrected chi connectivity index (χ4v) is 7.50. The van der Waals surface area contributed by atoms with Crippen molar-refractivity contribution in [3.8, 4) is 17.2 Å². The quantitative estimate of drug-likeness (QED) is 0.254. The summed E-state index contributed by atoms with van der Waals surface area (Å²) in [5.41, 5.74) is 2.55. The van der Waals surface area contributed by atoms with E-state index in [1.165, 1.54) is 0 Å². The fraction of sp³-hybridized carbons (Fsp3) is 0.216. The number of fused-ring (bicyclic) bond motifs is 7. The molecule has 45 heavy (non-hydrogen) atoms. The van der Waals surface area contributed by atoms with Crippen molar-refractivity contribution in [3.05, 3.63) is 125 Å². The summed E-state index contributed by atoms with van der Waals surface area (Å²) in [6.45, 7) is 2.66. The summed E-state index contributed by atoms with van der Waals surface area (Å²) in [6, 6.07) is 25.8. The van der Waals surface area contributed by atoms with Gasteiger partial charge in [-0.05, 0) is 77.7 Å². The topological polar surface area (TPSA) is 94.2 Å². The summed E-state index contributed by atoms with van der Waals surface area (Å²) >= 11 is 0. The molecule has 0 aromatic heterocycles. The van der Waals surface area contributed by atoms with Crippen molar-refractivity contribution in [1.82, 2.24) is 4.90 Å². The molecule has 0 saturated carbocycles. The molecule has 4 heterocycles. The number of hydrogen-bond acceptors (Lipinski definition) is 7. The van der Waals surface area contributed by atoms with Gasteiger partial charge < -0.3 is 24.4 Å². The smallest absolute Gasteiger partial charge is 0.238 e. The monoisotopic (exact) mass is 598 g/mol. The van der Waals surface area contributed by atoms with Crippen LogP contribution in [0.15, 0.2) is 97.2 Å². The minimum atomic E-state index is -1.40. The number of nitrogens with one attached hydrogen (secondary N) is 1. The Balaban J connectivity index is 1.35.